The topological polar surface area (TPSA) is 67.9 Å². The minimum atomic E-state index is -0.462. The Morgan fingerprint density at radius 1 is 0.970 bits per heavy atom. The molecule has 0 unspecified atom stereocenters. The Kier molecular flexibility index (Phi) is 6.36. The quantitative estimate of drug-likeness (QED) is 0.554. The van der Waals surface area contributed by atoms with E-state index in [0.717, 1.165) is 27.9 Å². The number of hydrogen-bond donors (Lipinski definition) is 1. The lowest BCUT2D eigenvalue weighted by Crippen LogP contribution is -2.32. The van der Waals surface area contributed by atoms with Crippen LogP contribution in [0.3, 0.4) is 0 Å². The van der Waals surface area contributed by atoms with E-state index in [1.54, 1.807) is 25.2 Å². The number of nitrogens with zero attached hydrogens (tertiary/aromatic N) is 1. The Morgan fingerprint density at radius 2 is 1.73 bits per heavy atom. The molecule has 2 amide bonds. The van der Waals surface area contributed by atoms with E-state index in [1.807, 2.05) is 68.4 Å². The monoisotopic (exact) mass is 444 g/mol. The first-order valence-electron chi connectivity index (χ1n) is 10.9. The molecular weight excluding hydrogens is 416 g/mol. The van der Waals surface area contributed by atoms with Gasteiger partial charge < -0.3 is 19.7 Å². The minimum Gasteiger partial charge on any atom is -0.493 e. The van der Waals surface area contributed by atoms with Crippen LogP contribution in [-0.2, 0) is 11.3 Å². The predicted octanol–water partition coefficient (Wildman–Crippen LogP) is 5.05. The standard InChI is InChI=1S/C27H28N2O4/c1-17-9-11-21(13-18(17)2)28-26(30)15-23(19-10-12-24(32-3)25(14-19)33-4)29-16-20-7-5-6-8-22(20)27(29)31/h5-14,23H,15-16H2,1-4H3,(H,28,30)/t23-/m1/s1. The lowest BCUT2D eigenvalue weighted by molar-refractivity contribution is -0.117. The fourth-order valence-electron chi connectivity index (χ4n) is 4.20. The van der Waals surface area contributed by atoms with Gasteiger partial charge >= 0.3 is 0 Å². The third-order valence-electron chi connectivity index (χ3n) is 6.19. The van der Waals surface area contributed by atoms with Crippen LogP contribution in [0.25, 0.3) is 0 Å². The van der Waals surface area contributed by atoms with E-state index >= 15 is 0 Å². The smallest absolute Gasteiger partial charge is 0.255 e. The van der Waals surface area contributed by atoms with Crippen molar-refractivity contribution in [1.29, 1.82) is 0 Å². The third kappa shape index (κ3) is 4.55. The molecule has 3 aromatic rings. The van der Waals surface area contributed by atoms with Gasteiger partial charge in [-0.05, 0) is 66.4 Å². The molecule has 6 heteroatoms. The van der Waals surface area contributed by atoms with Gasteiger partial charge in [-0.3, -0.25) is 9.59 Å². The van der Waals surface area contributed by atoms with Crippen LogP contribution < -0.4 is 14.8 Å². The van der Waals surface area contributed by atoms with Crippen LogP contribution in [0.15, 0.2) is 60.7 Å². The van der Waals surface area contributed by atoms with Crippen molar-refractivity contribution in [2.75, 3.05) is 19.5 Å². The number of hydrogen-bond acceptors (Lipinski definition) is 4. The number of amides is 2. The molecule has 0 bridgehead atoms. The summed E-state index contributed by atoms with van der Waals surface area (Å²) in [6.07, 6.45) is 0.113. The molecule has 1 heterocycles. The molecule has 0 aliphatic carbocycles. The molecule has 0 aromatic heterocycles. The largest absolute Gasteiger partial charge is 0.493 e. The van der Waals surface area contributed by atoms with Crippen molar-refractivity contribution in [3.63, 3.8) is 0 Å². The molecule has 0 spiro atoms. The summed E-state index contributed by atoms with van der Waals surface area (Å²) < 4.78 is 10.8. The maximum atomic E-state index is 13.2. The van der Waals surface area contributed by atoms with Crippen molar-refractivity contribution in [1.82, 2.24) is 4.90 Å². The second-order valence-corrected chi connectivity index (χ2v) is 8.27. The van der Waals surface area contributed by atoms with E-state index in [4.69, 9.17) is 9.47 Å². The van der Waals surface area contributed by atoms with Gasteiger partial charge in [0.1, 0.15) is 0 Å². The van der Waals surface area contributed by atoms with E-state index in [9.17, 15) is 9.59 Å². The average Bonchev–Trinajstić information content (AvgIpc) is 3.15. The van der Waals surface area contributed by atoms with Gasteiger partial charge in [0.05, 0.1) is 26.7 Å². The first-order chi connectivity index (χ1) is 15.9. The molecule has 4 rings (SSSR count). The van der Waals surface area contributed by atoms with Crippen LogP contribution in [-0.4, -0.2) is 30.9 Å². The van der Waals surface area contributed by atoms with Gasteiger partial charge in [0, 0.05) is 17.8 Å². The maximum Gasteiger partial charge on any atom is 0.255 e. The highest BCUT2D eigenvalue weighted by Crippen LogP contribution is 2.37. The first kappa shape index (κ1) is 22.4. The second kappa shape index (κ2) is 9.36. The summed E-state index contributed by atoms with van der Waals surface area (Å²) in [6, 6.07) is 18.5. The van der Waals surface area contributed by atoms with Crippen molar-refractivity contribution in [2.24, 2.45) is 0 Å². The molecular formula is C27H28N2O4. The Labute approximate surface area is 194 Å². The zero-order valence-corrected chi connectivity index (χ0v) is 19.3. The van der Waals surface area contributed by atoms with Crippen LogP contribution >= 0.6 is 0 Å². The van der Waals surface area contributed by atoms with Crippen molar-refractivity contribution in [3.05, 3.63) is 88.5 Å². The third-order valence-corrected chi connectivity index (χ3v) is 6.19. The SMILES string of the molecule is COc1ccc([C@@H](CC(=O)Nc2ccc(C)c(C)c2)N2Cc3ccccc3C2=O)cc1OC. The fourth-order valence-corrected chi connectivity index (χ4v) is 4.20. The van der Waals surface area contributed by atoms with Crippen molar-refractivity contribution in [2.45, 2.75) is 32.9 Å². The highest BCUT2D eigenvalue weighted by atomic mass is 16.5. The van der Waals surface area contributed by atoms with Crippen LogP contribution in [0.5, 0.6) is 11.5 Å². The Morgan fingerprint density at radius 3 is 2.42 bits per heavy atom. The summed E-state index contributed by atoms with van der Waals surface area (Å²) in [5.41, 5.74) is 5.46. The van der Waals surface area contributed by atoms with Gasteiger partial charge in [-0.2, -0.15) is 0 Å². The molecule has 1 N–H and O–H groups in total. The zero-order valence-electron chi connectivity index (χ0n) is 19.3. The molecule has 3 aromatic carbocycles. The number of ether oxygens (including phenoxy) is 2. The molecule has 1 aliphatic heterocycles. The van der Waals surface area contributed by atoms with Crippen LogP contribution in [0.4, 0.5) is 5.69 Å². The average molecular weight is 445 g/mol. The molecule has 0 radical (unpaired) electrons. The summed E-state index contributed by atoms with van der Waals surface area (Å²) in [4.78, 5) is 28.1. The van der Waals surface area contributed by atoms with Crippen molar-refractivity contribution in [3.8, 4) is 11.5 Å². The lowest BCUT2D eigenvalue weighted by Gasteiger charge is -2.28. The van der Waals surface area contributed by atoms with Gasteiger partial charge in [0.25, 0.3) is 5.91 Å². The molecule has 0 fully saturated rings. The summed E-state index contributed by atoms with van der Waals surface area (Å²) in [5.74, 6) is 0.903. The van der Waals surface area contributed by atoms with Gasteiger partial charge in [0.2, 0.25) is 5.91 Å². The molecule has 0 saturated carbocycles. The lowest BCUT2D eigenvalue weighted by atomic mass is 10.0. The summed E-state index contributed by atoms with van der Waals surface area (Å²) in [7, 11) is 3.15. The molecule has 0 saturated heterocycles. The van der Waals surface area contributed by atoms with Gasteiger partial charge in [0.15, 0.2) is 11.5 Å². The number of rotatable bonds is 7. The Hall–Kier alpha value is -3.80. The van der Waals surface area contributed by atoms with Crippen molar-refractivity contribution < 1.29 is 19.1 Å². The van der Waals surface area contributed by atoms with Crippen molar-refractivity contribution >= 4 is 17.5 Å². The Balaban J connectivity index is 1.65. The predicted molar refractivity (Wildman–Crippen MR) is 128 cm³/mol. The second-order valence-electron chi connectivity index (χ2n) is 8.27. The van der Waals surface area contributed by atoms with E-state index < -0.39 is 6.04 Å². The summed E-state index contributed by atoms with van der Waals surface area (Å²) in [6.45, 7) is 4.49. The molecule has 33 heavy (non-hydrogen) atoms. The number of nitrogens with one attached hydrogen (secondary N) is 1. The van der Waals surface area contributed by atoms with Crippen LogP contribution in [0.1, 0.15) is 45.1 Å². The number of aryl methyl sites for hydroxylation is 2. The summed E-state index contributed by atoms with van der Waals surface area (Å²) >= 11 is 0. The minimum absolute atomic E-state index is 0.0793. The highest BCUT2D eigenvalue weighted by molar-refractivity contribution is 5.99. The van der Waals surface area contributed by atoms with E-state index in [1.165, 1.54) is 0 Å². The zero-order chi connectivity index (χ0) is 23.5. The number of methoxy groups -OCH3 is 2. The maximum absolute atomic E-state index is 13.2. The van der Waals surface area contributed by atoms with Gasteiger partial charge in [-0.25, -0.2) is 0 Å². The molecule has 170 valence electrons. The number of carbonyl (C=O) groups is 2. The number of carbonyl (C=O) groups excluding carboxylic acids is 2. The number of benzene rings is 3. The molecule has 1 atom stereocenters. The first-order valence-corrected chi connectivity index (χ1v) is 10.9. The van der Waals surface area contributed by atoms with Crippen LogP contribution in [0, 0.1) is 13.8 Å². The summed E-state index contributed by atoms with van der Waals surface area (Å²) in [5, 5.41) is 2.99. The molecule has 6 nitrogen and oxygen atoms in total. The van der Waals surface area contributed by atoms with Gasteiger partial charge in [-0.15, -0.1) is 0 Å². The van der Waals surface area contributed by atoms with E-state index in [0.29, 0.717) is 23.6 Å². The van der Waals surface area contributed by atoms with Crippen LogP contribution in [0.2, 0.25) is 0 Å². The van der Waals surface area contributed by atoms with E-state index in [2.05, 4.69) is 5.32 Å². The number of fused-ring (bicyclic) bond motifs is 1. The Bertz CT molecular complexity index is 1200. The number of anilines is 1. The molecule has 1 aliphatic rings. The normalized spacial score (nSPS) is 13.5. The highest BCUT2D eigenvalue weighted by Gasteiger charge is 2.34. The fraction of sp³-hybridized carbons (Fsp3) is 0.259. The van der Waals surface area contributed by atoms with E-state index in [-0.39, 0.29) is 18.2 Å². The van der Waals surface area contributed by atoms with Gasteiger partial charge in [-0.1, -0.05) is 30.3 Å².